The second kappa shape index (κ2) is 6.19. The highest BCUT2D eigenvalue weighted by molar-refractivity contribution is 6.17. The zero-order valence-corrected chi connectivity index (χ0v) is 11.0. The van der Waals surface area contributed by atoms with Crippen molar-refractivity contribution in [1.29, 1.82) is 0 Å². The van der Waals surface area contributed by atoms with Crippen LogP contribution in [-0.4, -0.2) is 29.3 Å². The number of amides is 1. The fourth-order valence-electron chi connectivity index (χ4n) is 2.51. The van der Waals surface area contributed by atoms with Crippen molar-refractivity contribution in [2.45, 2.75) is 31.7 Å². The maximum Gasteiger partial charge on any atom is 0.257 e. The first-order valence-electron chi connectivity index (χ1n) is 6.35. The number of carbonyl (C=O) groups excluding carboxylic acids is 1. The third-order valence-electron chi connectivity index (χ3n) is 3.41. The second-order valence-electron chi connectivity index (χ2n) is 4.61. The molecule has 1 aromatic rings. The van der Waals surface area contributed by atoms with Crippen molar-refractivity contribution in [2.75, 3.05) is 12.4 Å². The lowest BCUT2D eigenvalue weighted by atomic mass is 10.1. The lowest BCUT2D eigenvalue weighted by Crippen LogP contribution is -2.36. The molecule has 2 rings (SSSR count). The highest BCUT2D eigenvalue weighted by Gasteiger charge is 2.29. The Morgan fingerprint density at radius 3 is 2.94 bits per heavy atom. The Labute approximate surface area is 112 Å². The summed E-state index contributed by atoms with van der Waals surface area (Å²) in [5, 5.41) is 0. The van der Waals surface area contributed by atoms with Gasteiger partial charge in [-0.2, -0.15) is 0 Å². The van der Waals surface area contributed by atoms with Gasteiger partial charge < -0.3 is 4.90 Å². The molecule has 1 heterocycles. The molecule has 18 heavy (non-hydrogen) atoms. The van der Waals surface area contributed by atoms with E-state index in [-0.39, 0.29) is 17.5 Å². The van der Waals surface area contributed by atoms with E-state index >= 15 is 0 Å². The van der Waals surface area contributed by atoms with Crippen molar-refractivity contribution in [3.8, 4) is 0 Å². The first kappa shape index (κ1) is 13.3. The number of hydrogen-bond acceptors (Lipinski definition) is 1. The molecule has 0 bridgehead atoms. The fraction of sp³-hybridized carbons (Fsp3) is 0.500. The maximum atomic E-state index is 13.6. The largest absolute Gasteiger partial charge is 0.336 e. The summed E-state index contributed by atoms with van der Waals surface area (Å²) >= 11 is 5.69. The van der Waals surface area contributed by atoms with Gasteiger partial charge in [-0.1, -0.05) is 12.1 Å². The fourth-order valence-corrected chi connectivity index (χ4v) is 2.66. The molecule has 1 amide bonds. The van der Waals surface area contributed by atoms with E-state index in [0.29, 0.717) is 5.88 Å². The molecule has 0 aliphatic carbocycles. The molecular formula is C14H17ClFNO. The normalized spacial score (nSPS) is 19.2. The number of nitrogens with zero attached hydrogens (tertiary/aromatic N) is 1. The zero-order chi connectivity index (χ0) is 13.0. The van der Waals surface area contributed by atoms with Gasteiger partial charge in [0, 0.05) is 18.5 Å². The molecule has 0 aromatic heterocycles. The Balaban J connectivity index is 2.10. The van der Waals surface area contributed by atoms with E-state index in [0.717, 1.165) is 32.2 Å². The smallest absolute Gasteiger partial charge is 0.257 e. The van der Waals surface area contributed by atoms with E-state index < -0.39 is 5.82 Å². The Morgan fingerprint density at radius 2 is 2.22 bits per heavy atom. The first-order valence-corrected chi connectivity index (χ1v) is 6.89. The van der Waals surface area contributed by atoms with Crippen LogP contribution in [0.15, 0.2) is 24.3 Å². The molecule has 1 unspecified atom stereocenters. The monoisotopic (exact) mass is 269 g/mol. The molecule has 1 atom stereocenters. The maximum absolute atomic E-state index is 13.6. The van der Waals surface area contributed by atoms with E-state index in [9.17, 15) is 9.18 Å². The Kier molecular flexibility index (Phi) is 4.59. The van der Waals surface area contributed by atoms with Gasteiger partial charge in [0.1, 0.15) is 5.82 Å². The van der Waals surface area contributed by atoms with Gasteiger partial charge >= 0.3 is 0 Å². The number of hydrogen-bond donors (Lipinski definition) is 0. The second-order valence-corrected chi connectivity index (χ2v) is 4.98. The summed E-state index contributed by atoms with van der Waals surface area (Å²) < 4.78 is 13.6. The standard InChI is InChI=1S/C14H17ClFNO/c15-9-3-5-11-6-4-10-17(11)14(18)12-7-1-2-8-13(12)16/h1-2,7-8,11H,3-6,9-10H2. The first-order chi connectivity index (χ1) is 8.74. The molecule has 2 nitrogen and oxygen atoms in total. The summed E-state index contributed by atoms with van der Waals surface area (Å²) in [5.74, 6) is -0.0197. The predicted molar refractivity (Wildman–Crippen MR) is 70.4 cm³/mol. The van der Waals surface area contributed by atoms with Gasteiger partial charge in [-0.3, -0.25) is 4.79 Å². The molecule has 98 valence electrons. The Hall–Kier alpha value is -1.09. The molecule has 1 aromatic carbocycles. The van der Waals surface area contributed by atoms with E-state index in [2.05, 4.69) is 0 Å². The van der Waals surface area contributed by atoms with Crippen molar-refractivity contribution in [1.82, 2.24) is 4.90 Å². The quantitative estimate of drug-likeness (QED) is 0.767. The molecule has 1 aliphatic heterocycles. The number of halogens is 2. The summed E-state index contributed by atoms with van der Waals surface area (Å²) in [4.78, 5) is 14.1. The summed E-state index contributed by atoms with van der Waals surface area (Å²) in [6.45, 7) is 0.722. The van der Waals surface area contributed by atoms with E-state index in [4.69, 9.17) is 11.6 Å². The zero-order valence-electron chi connectivity index (χ0n) is 10.2. The van der Waals surface area contributed by atoms with Crippen LogP contribution in [0.25, 0.3) is 0 Å². The molecule has 0 spiro atoms. The molecule has 0 saturated carbocycles. The Morgan fingerprint density at radius 1 is 1.44 bits per heavy atom. The number of rotatable bonds is 4. The molecule has 0 N–H and O–H groups in total. The minimum atomic E-state index is -0.439. The molecule has 4 heteroatoms. The van der Waals surface area contributed by atoms with E-state index in [1.807, 2.05) is 0 Å². The molecular weight excluding hydrogens is 253 g/mol. The van der Waals surface area contributed by atoms with Crippen LogP contribution in [0.5, 0.6) is 0 Å². The number of carbonyl (C=O) groups is 1. The average molecular weight is 270 g/mol. The average Bonchev–Trinajstić information content (AvgIpc) is 2.84. The van der Waals surface area contributed by atoms with Gasteiger partial charge in [-0.15, -0.1) is 11.6 Å². The summed E-state index contributed by atoms with van der Waals surface area (Å²) in [6.07, 6.45) is 3.79. The number of alkyl halides is 1. The third-order valence-corrected chi connectivity index (χ3v) is 3.68. The van der Waals surface area contributed by atoms with Crippen LogP contribution < -0.4 is 0 Å². The van der Waals surface area contributed by atoms with Crippen LogP contribution in [0.2, 0.25) is 0 Å². The minimum absolute atomic E-state index is 0.176. The summed E-state index contributed by atoms with van der Waals surface area (Å²) in [5.41, 5.74) is 0.176. The summed E-state index contributed by atoms with van der Waals surface area (Å²) in [7, 11) is 0. The number of likely N-dealkylation sites (tertiary alicyclic amines) is 1. The van der Waals surface area contributed by atoms with Crippen molar-refractivity contribution in [2.24, 2.45) is 0 Å². The van der Waals surface area contributed by atoms with Crippen LogP contribution >= 0.6 is 11.6 Å². The van der Waals surface area contributed by atoms with Crippen LogP contribution in [0, 0.1) is 5.82 Å². The SMILES string of the molecule is O=C(c1ccccc1F)N1CCCC1CCCCl. The highest BCUT2D eigenvalue weighted by atomic mass is 35.5. The minimum Gasteiger partial charge on any atom is -0.336 e. The third kappa shape index (κ3) is 2.83. The molecule has 1 aliphatic rings. The van der Waals surface area contributed by atoms with Gasteiger partial charge in [-0.25, -0.2) is 4.39 Å². The van der Waals surface area contributed by atoms with Crippen LogP contribution in [0.3, 0.4) is 0 Å². The van der Waals surface area contributed by atoms with Crippen molar-refractivity contribution >= 4 is 17.5 Å². The van der Waals surface area contributed by atoms with Gasteiger partial charge in [0.15, 0.2) is 0 Å². The van der Waals surface area contributed by atoms with Crippen LogP contribution in [0.1, 0.15) is 36.0 Å². The van der Waals surface area contributed by atoms with E-state index in [1.165, 1.54) is 6.07 Å². The van der Waals surface area contributed by atoms with Crippen LogP contribution in [0.4, 0.5) is 4.39 Å². The van der Waals surface area contributed by atoms with Crippen molar-refractivity contribution in [3.63, 3.8) is 0 Å². The van der Waals surface area contributed by atoms with Crippen molar-refractivity contribution in [3.05, 3.63) is 35.6 Å². The van der Waals surface area contributed by atoms with Gasteiger partial charge in [-0.05, 0) is 37.8 Å². The van der Waals surface area contributed by atoms with Gasteiger partial charge in [0.25, 0.3) is 5.91 Å². The van der Waals surface area contributed by atoms with Crippen LogP contribution in [-0.2, 0) is 0 Å². The molecule has 1 saturated heterocycles. The molecule has 1 fully saturated rings. The lowest BCUT2D eigenvalue weighted by Gasteiger charge is -2.24. The lowest BCUT2D eigenvalue weighted by molar-refractivity contribution is 0.0725. The number of benzene rings is 1. The highest BCUT2D eigenvalue weighted by Crippen LogP contribution is 2.24. The van der Waals surface area contributed by atoms with Gasteiger partial charge in [0.05, 0.1) is 5.56 Å². The molecule has 0 radical (unpaired) electrons. The Bertz CT molecular complexity index is 424. The summed E-state index contributed by atoms with van der Waals surface area (Å²) in [6, 6.07) is 6.39. The predicted octanol–water partition coefficient (Wildman–Crippen LogP) is 3.45. The van der Waals surface area contributed by atoms with E-state index in [1.54, 1.807) is 23.1 Å². The topological polar surface area (TPSA) is 20.3 Å². The van der Waals surface area contributed by atoms with Gasteiger partial charge in [0.2, 0.25) is 0 Å². The van der Waals surface area contributed by atoms with Crippen molar-refractivity contribution < 1.29 is 9.18 Å².